The topological polar surface area (TPSA) is 130 Å². The largest absolute Gasteiger partial charge is 0.481 e. The summed E-state index contributed by atoms with van der Waals surface area (Å²) in [5.74, 6) is -4.10. The second-order valence-electron chi connectivity index (χ2n) is 5.77. The Morgan fingerprint density at radius 1 is 1.43 bits per heavy atom. The van der Waals surface area contributed by atoms with Gasteiger partial charge in [-0.1, -0.05) is 6.92 Å². The maximum Gasteiger partial charge on any atom is 0.329 e. The molecular formula is C13H20N2O5S. The minimum Gasteiger partial charge on any atom is -0.481 e. The summed E-state index contributed by atoms with van der Waals surface area (Å²) < 4.78 is 0. The molecule has 0 aromatic heterocycles. The molecular weight excluding hydrogens is 296 g/mol. The van der Waals surface area contributed by atoms with Crippen LogP contribution in [-0.2, 0) is 14.4 Å². The van der Waals surface area contributed by atoms with E-state index < -0.39 is 40.1 Å². The highest BCUT2D eigenvalue weighted by atomic mass is 32.2. The van der Waals surface area contributed by atoms with Crippen molar-refractivity contribution >= 4 is 29.6 Å². The van der Waals surface area contributed by atoms with Gasteiger partial charge in [0, 0.05) is 5.92 Å². The number of nitrogens with one attached hydrogen (secondary N) is 1. The fourth-order valence-electron chi connectivity index (χ4n) is 3.46. The fraction of sp³-hybridized carbons (Fsp3) is 0.769. The summed E-state index contributed by atoms with van der Waals surface area (Å²) in [5, 5.41) is 21.3. The zero-order valence-electron chi connectivity index (χ0n) is 12.0. The lowest BCUT2D eigenvalue weighted by molar-refractivity contribution is -0.150. The number of carboxylic acid groups (broad SMARTS) is 2. The van der Waals surface area contributed by atoms with Crippen LogP contribution in [0.2, 0.25) is 0 Å². The van der Waals surface area contributed by atoms with Crippen LogP contribution in [0.1, 0.15) is 26.2 Å². The number of amides is 1. The summed E-state index contributed by atoms with van der Waals surface area (Å²) in [5.41, 5.74) is 4.47. The maximum atomic E-state index is 12.4. The highest BCUT2D eigenvalue weighted by Crippen LogP contribution is 2.62. The van der Waals surface area contributed by atoms with E-state index in [1.807, 2.05) is 0 Å². The van der Waals surface area contributed by atoms with Crippen LogP contribution in [0.15, 0.2) is 0 Å². The van der Waals surface area contributed by atoms with Crippen LogP contribution in [0, 0.1) is 17.8 Å². The molecule has 0 aromatic rings. The van der Waals surface area contributed by atoms with Crippen molar-refractivity contribution in [2.24, 2.45) is 23.5 Å². The second-order valence-corrected chi connectivity index (χ2v) is 6.91. The lowest BCUT2D eigenvalue weighted by Gasteiger charge is -2.33. The number of carboxylic acids is 2. The van der Waals surface area contributed by atoms with Crippen molar-refractivity contribution in [2.75, 3.05) is 6.26 Å². The van der Waals surface area contributed by atoms with Gasteiger partial charge in [0.05, 0.1) is 5.92 Å². The zero-order valence-corrected chi connectivity index (χ0v) is 12.8. The molecule has 0 bridgehead atoms. The lowest BCUT2D eigenvalue weighted by Crippen LogP contribution is -2.62. The molecule has 5 N–H and O–H groups in total. The van der Waals surface area contributed by atoms with Gasteiger partial charge in [-0.25, -0.2) is 4.79 Å². The molecule has 0 aliphatic heterocycles. The fourth-order valence-corrected chi connectivity index (χ4v) is 3.98. The number of aliphatic carboxylic acids is 2. The summed E-state index contributed by atoms with van der Waals surface area (Å²) in [6.07, 6.45) is 2.79. The molecule has 8 heteroatoms. The lowest BCUT2D eigenvalue weighted by atomic mass is 9.89. The van der Waals surface area contributed by atoms with Crippen LogP contribution >= 0.6 is 11.8 Å². The normalized spacial score (nSPS) is 36.4. The van der Waals surface area contributed by atoms with Gasteiger partial charge in [0.2, 0.25) is 0 Å². The molecule has 0 saturated heterocycles. The molecule has 2 aliphatic rings. The molecule has 0 radical (unpaired) electrons. The number of carbonyl (C=O) groups excluding carboxylic acids is 1. The first-order valence-electron chi connectivity index (χ1n) is 6.86. The summed E-state index contributed by atoms with van der Waals surface area (Å²) >= 11 is 1.15. The van der Waals surface area contributed by atoms with Crippen LogP contribution in [0.3, 0.4) is 0 Å². The van der Waals surface area contributed by atoms with Crippen molar-refractivity contribution < 1.29 is 24.6 Å². The molecule has 7 nitrogen and oxygen atoms in total. The molecule has 0 heterocycles. The van der Waals surface area contributed by atoms with Gasteiger partial charge >= 0.3 is 11.9 Å². The number of rotatable bonds is 6. The van der Waals surface area contributed by atoms with Crippen LogP contribution in [0.4, 0.5) is 0 Å². The van der Waals surface area contributed by atoms with Gasteiger partial charge in [0.25, 0.3) is 5.91 Å². The first-order valence-corrected chi connectivity index (χ1v) is 8.09. The second kappa shape index (κ2) is 5.17. The highest BCUT2D eigenvalue weighted by Gasteiger charge is 2.72. The molecule has 21 heavy (non-hydrogen) atoms. The average Bonchev–Trinajstić information content (AvgIpc) is 3.07. The van der Waals surface area contributed by atoms with Gasteiger partial charge in [-0.2, -0.15) is 0 Å². The number of hydrogen-bond donors (Lipinski definition) is 4. The first-order chi connectivity index (χ1) is 9.73. The van der Waals surface area contributed by atoms with E-state index in [-0.39, 0.29) is 12.3 Å². The maximum absolute atomic E-state index is 12.4. The standard InChI is InChI=1S/C13H20N2O5S/c1-3-13(14,21-2)10(18)15-12(11(19)20)5-4-6-7(8(6)12)9(16)17/h6-8H,3-5,14H2,1-2H3,(H,15,18)(H,16,17)(H,19,20)/t6-,7-,8-,12-,13?/m0/s1. The SMILES string of the molecule is CCC(N)(SC)C(=O)N[C@@]1(C(=O)O)CC[C@H]2[C@H](C(=O)O)[C@H]21. The minimum absolute atomic E-state index is 0.165. The van der Waals surface area contributed by atoms with Crippen molar-refractivity contribution in [1.29, 1.82) is 0 Å². The Hall–Kier alpha value is -1.28. The third-order valence-electron chi connectivity index (χ3n) is 4.89. The molecule has 2 aliphatic carbocycles. The molecule has 0 spiro atoms. The van der Waals surface area contributed by atoms with E-state index in [2.05, 4.69) is 5.32 Å². The number of hydrogen-bond acceptors (Lipinski definition) is 5. The Morgan fingerprint density at radius 2 is 2.05 bits per heavy atom. The monoisotopic (exact) mass is 316 g/mol. The van der Waals surface area contributed by atoms with Crippen LogP contribution < -0.4 is 11.1 Å². The van der Waals surface area contributed by atoms with E-state index in [9.17, 15) is 19.5 Å². The Bertz CT molecular complexity index is 493. The third-order valence-corrected chi connectivity index (χ3v) is 6.09. The predicted octanol–water partition coefficient (Wildman–Crippen LogP) is 0.0946. The summed E-state index contributed by atoms with van der Waals surface area (Å²) in [6, 6.07) is 0. The molecule has 0 aromatic carbocycles. The van der Waals surface area contributed by atoms with Crippen LogP contribution in [0.5, 0.6) is 0 Å². The molecule has 2 rings (SSSR count). The zero-order chi connectivity index (χ0) is 16.0. The number of nitrogens with two attached hydrogens (primary N) is 1. The molecule has 1 amide bonds. The van der Waals surface area contributed by atoms with Crippen molar-refractivity contribution in [1.82, 2.24) is 5.32 Å². The summed E-state index contributed by atoms with van der Waals surface area (Å²) in [4.78, 5) is 34.0. The van der Waals surface area contributed by atoms with E-state index in [4.69, 9.17) is 10.8 Å². The van der Waals surface area contributed by atoms with Gasteiger partial charge in [-0.3, -0.25) is 9.59 Å². The minimum atomic E-state index is -1.50. The van der Waals surface area contributed by atoms with Gasteiger partial charge < -0.3 is 21.3 Å². The van der Waals surface area contributed by atoms with E-state index in [1.165, 1.54) is 0 Å². The molecule has 1 unspecified atom stereocenters. The first kappa shape index (κ1) is 16.1. The quantitative estimate of drug-likeness (QED) is 0.511. The van der Waals surface area contributed by atoms with Gasteiger partial charge in [0.15, 0.2) is 0 Å². The molecule has 118 valence electrons. The number of fused-ring (bicyclic) bond motifs is 1. The van der Waals surface area contributed by atoms with E-state index in [0.29, 0.717) is 12.8 Å². The highest BCUT2D eigenvalue weighted by molar-refractivity contribution is 8.00. The van der Waals surface area contributed by atoms with Gasteiger partial charge in [-0.15, -0.1) is 11.8 Å². The molecule has 5 atom stereocenters. The average molecular weight is 316 g/mol. The smallest absolute Gasteiger partial charge is 0.329 e. The molecule has 2 fully saturated rings. The summed E-state index contributed by atoms with van der Waals surface area (Å²) in [6.45, 7) is 1.75. The Balaban J connectivity index is 2.24. The van der Waals surface area contributed by atoms with Gasteiger partial charge in [-0.05, 0) is 31.4 Å². The van der Waals surface area contributed by atoms with Crippen molar-refractivity contribution in [3.05, 3.63) is 0 Å². The van der Waals surface area contributed by atoms with Crippen LogP contribution in [-0.4, -0.2) is 44.7 Å². The number of thioether (sulfide) groups is 1. The number of carbonyl (C=O) groups is 3. The van der Waals surface area contributed by atoms with Crippen molar-refractivity contribution in [3.8, 4) is 0 Å². The van der Waals surface area contributed by atoms with Crippen molar-refractivity contribution in [3.63, 3.8) is 0 Å². The van der Waals surface area contributed by atoms with Crippen molar-refractivity contribution in [2.45, 2.75) is 36.6 Å². The van der Waals surface area contributed by atoms with E-state index >= 15 is 0 Å². The third kappa shape index (κ3) is 2.30. The van der Waals surface area contributed by atoms with E-state index in [1.54, 1.807) is 13.2 Å². The van der Waals surface area contributed by atoms with Crippen LogP contribution in [0.25, 0.3) is 0 Å². The Labute approximate surface area is 126 Å². The summed E-state index contributed by atoms with van der Waals surface area (Å²) in [7, 11) is 0. The van der Waals surface area contributed by atoms with Gasteiger partial charge in [0.1, 0.15) is 10.4 Å². The Morgan fingerprint density at radius 3 is 2.43 bits per heavy atom. The predicted molar refractivity (Wildman–Crippen MR) is 76.6 cm³/mol. The Kier molecular flexibility index (Phi) is 3.96. The molecule has 2 saturated carbocycles. The van der Waals surface area contributed by atoms with E-state index in [0.717, 1.165) is 11.8 Å².